The van der Waals surface area contributed by atoms with Crippen LogP contribution in [0.2, 0.25) is 0 Å². The van der Waals surface area contributed by atoms with Crippen LogP contribution in [0.4, 0.5) is 0 Å². The standard InChI is InChI=1S/C16H36N2O2/c1-9-17(13(3)4)11-15(7)19-20-16(8)12-18(10-2)14(5)6/h13-16H,9-12H2,1-8H3. The highest BCUT2D eigenvalue weighted by molar-refractivity contribution is 4.65. The monoisotopic (exact) mass is 288 g/mol. The normalized spacial score (nSPS) is 15.6. The van der Waals surface area contributed by atoms with Crippen molar-refractivity contribution < 1.29 is 9.78 Å². The molecular weight excluding hydrogens is 252 g/mol. The van der Waals surface area contributed by atoms with Gasteiger partial charge in [0.25, 0.3) is 0 Å². The molecule has 0 N–H and O–H groups in total. The van der Waals surface area contributed by atoms with Crippen LogP contribution in [0, 0.1) is 0 Å². The maximum atomic E-state index is 5.54. The molecule has 0 aliphatic rings. The van der Waals surface area contributed by atoms with Gasteiger partial charge in [0.2, 0.25) is 0 Å². The predicted octanol–water partition coefficient (Wildman–Crippen LogP) is 3.17. The lowest BCUT2D eigenvalue weighted by Crippen LogP contribution is -2.40. The third-order valence-corrected chi connectivity index (χ3v) is 3.64. The van der Waals surface area contributed by atoms with Gasteiger partial charge < -0.3 is 0 Å². The first-order chi connectivity index (χ1) is 9.31. The Hall–Kier alpha value is -0.160. The van der Waals surface area contributed by atoms with Crippen molar-refractivity contribution in [3.63, 3.8) is 0 Å². The number of hydrogen-bond acceptors (Lipinski definition) is 4. The second-order valence-corrected chi connectivity index (χ2v) is 6.18. The van der Waals surface area contributed by atoms with Crippen LogP contribution in [0.5, 0.6) is 0 Å². The van der Waals surface area contributed by atoms with E-state index in [-0.39, 0.29) is 12.2 Å². The largest absolute Gasteiger partial charge is 0.299 e. The van der Waals surface area contributed by atoms with Crippen LogP contribution in [-0.2, 0) is 9.78 Å². The third-order valence-electron chi connectivity index (χ3n) is 3.64. The molecule has 0 aromatic heterocycles. The van der Waals surface area contributed by atoms with E-state index in [0.717, 1.165) is 26.2 Å². The van der Waals surface area contributed by atoms with Gasteiger partial charge >= 0.3 is 0 Å². The van der Waals surface area contributed by atoms with Gasteiger partial charge in [-0.2, -0.15) is 0 Å². The molecule has 0 heterocycles. The highest BCUT2D eigenvalue weighted by atomic mass is 17.2. The minimum absolute atomic E-state index is 0.0916. The van der Waals surface area contributed by atoms with Crippen LogP contribution in [0.15, 0.2) is 0 Å². The summed E-state index contributed by atoms with van der Waals surface area (Å²) in [5, 5.41) is 0. The predicted molar refractivity (Wildman–Crippen MR) is 85.9 cm³/mol. The summed E-state index contributed by atoms with van der Waals surface area (Å²) in [4.78, 5) is 15.8. The van der Waals surface area contributed by atoms with Gasteiger partial charge in [0.05, 0.1) is 0 Å². The maximum absolute atomic E-state index is 5.54. The molecule has 0 aromatic rings. The molecule has 2 unspecified atom stereocenters. The van der Waals surface area contributed by atoms with Gasteiger partial charge in [-0.1, -0.05) is 13.8 Å². The summed E-state index contributed by atoms with van der Waals surface area (Å²) in [6, 6.07) is 1.08. The highest BCUT2D eigenvalue weighted by Gasteiger charge is 2.16. The zero-order valence-electron chi connectivity index (χ0n) is 14.8. The van der Waals surface area contributed by atoms with E-state index >= 15 is 0 Å². The minimum atomic E-state index is 0.0916. The van der Waals surface area contributed by atoms with E-state index in [1.54, 1.807) is 0 Å². The van der Waals surface area contributed by atoms with Gasteiger partial charge in [0.1, 0.15) is 12.2 Å². The first-order valence-electron chi connectivity index (χ1n) is 8.11. The van der Waals surface area contributed by atoms with Crippen molar-refractivity contribution in [2.75, 3.05) is 26.2 Å². The van der Waals surface area contributed by atoms with Crippen molar-refractivity contribution >= 4 is 0 Å². The van der Waals surface area contributed by atoms with Crippen molar-refractivity contribution in [3.05, 3.63) is 0 Å². The topological polar surface area (TPSA) is 24.9 Å². The quantitative estimate of drug-likeness (QED) is 0.431. The number of rotatable bonds is 11. The van der Waals surface area contributed by atoms with Crippen molar-refractivity contribution in [2.24, 2.45) is 0 Å². The molecule has 4 nitrogen and oxygen atoms in total. The van der Waals surface area contributed by atoms with Gasteiger partial charge in [0, 0.05) is 25.2 Å². The Kier molecular flexibility index (Phi) is 10.5. The fraction of sp³-hybridized carbons (Fsp3) is 1.00. The van der Waals surface area contributed by atoms with Crippen LogP contribution < -0.4 is 0 Å². The molecule has 0 aliphatic carbocycles. The molecule has 0 aliphatic heterocycles. The first-order valence-corrected chi connectivity index (χ1v) is 8.11. The Bertz CT molecular complexity index is 211. The van der Waals surface area contributed by atoms with Gasteiger partial charge in [0.15, 0.2) is 0 Å². The number of likely N-dealkylation sites (N-methyl/N-ethyl adjacent to an activating group) is 2. The molecule has 4 heteroatoms. The molecule has 0 saturated carbocycles. The minimum Gasteiger partial charge on any atom is -0.299 e. The fourth-order valence-electron chi connectivity index (χ4n) is 2.32. The van der Waals surface area contributed by atoms with Crippen molar-refractivity contribution in [3.8, 4) is 0 Å². The number of nitrogens with zero attached hydrogens (tertiary/aromatic N) is 2. The Balaban J connectivity index is 4.01. The van der Waals surface area contributed by atoms with Gasteiger partial charge in [-0.3, -0.25) is 9.80 Å². The van der Waals surface area contributed by atoms with E-state index in [1.165, 1.54) is 0 Å². The fourth-order valence-corrected chi connectivity index (χ4v) is 2.32. The molecule has 0 amide bonds. The summed E-state index contributed by atoms with van der Waals surface area (Å²) < 4.78 is 0. The molecule has 0 radical (unpaired) electrons. The Labute approximate surface area is 126 Å². The Morgan fingerprint density at radius 3 is 1.15 bits per heavy atom. The maximum Gasteiger partial charge on any atom is 0.103 e. The van der Waals surface area contributed by atoms with Gasteiger partial charge in [-0.25, -0.2) is 9.78 Å². The van der Waals surface area contributed by atoms with E-state index in [4.69, 9.17) is 9.78 Å². The molecule has 20 heavy (non-hydrogen) atoms. The van der Waals surface area contributed by atoms with Crippen molar-refractivity contribution in [1.29, 1.82) is 0 Å². The molecule has 0 rings (SSSR count). The summed E-state index contributed by atoms with van der Waals surface area (Å²) in [5.41, 5.74) is 0. The SMILES string of the molecule is CCN(CC(C)OOC(C)CN(CC)C(C)C)C(C)C. The van der Waals surface area contributed by atoms with Crippen molar-refractivity contribution in [2.45, 2.75) is 79.7 Å². The average molecular weight is 288 g/mol. The lowest BCUT2D eigenvalue weighted by atomic mass is 10.2. The second kappa shape index (κ2) is 10.6. The zero-order valence-corrected chi connectivity index (χ0v) is 14.8. The van der Waals surface area contributed by atoms with Crippen LogP contribution in [0.3, 0.4) is 0 Å². The summed E-state index contributed by atoms with van der Waals surface area (Å²) in [6.07, 6.45) is 0.183. The summed E-state index contributed by atoms with van der Waals surface area (Å²) in [5.74, 6) is 0. The molecule has 2 atom stereocenters. The Morgan fingerprint density at radius 1 is 0.650 bits per heavy atom. The molecule has 0 aromatic carbocycles. The molecule has 0 fully saturated rings. The van der Waals surface area contributed by atoms with Gasteiger partial charge in [-0.15, -0.1) is 0 Å². The lowest BCUT2D eigenvalue weighted by molar-refractivity contribution is -0.347. The molecule has 0 saturated heterocycles. The first kappa shape index (κ1) is 19.8. The molecule has 122 valence electrons. The smallest absolute Gasteiger partial charge is 0.103 e. The Morgan fingerprint density at radius 2 is 0.950 bits per heavy atom. The zero-order chi connectivity index (χ0) is 15.7. The molecular formula is C16H36N2O2. The van der Waals surface area contributed by atoms with E-state index in [0.29, 0.717) is 12.1 Å². The van der Waals surface area contributed by atoms with Crippen molar-refractivity contribution in [1.82, 2.24) is 9.80 Å². The van der Waals surface area contributed by atoms with Crippen LogP contribution in [-0.4, -0.2) is 60.3 Å². The highest BCUT2D eigenvalue weighted by Crippen LogP contribution is 2.06. The summed E-state index contributed by atoms with van der Waals surface area (Å²) >= 11 is 0. The van der Waals surface area contributed by atoms with Crippen LogP contribution >= 0.6 is 0 Å². The van der Waals surface area contributed by atoms with Crippen LogP contribution in [0.25, 0.3) is 0 Å². The third kappa shape index (κ3) is 8.20. The van der Waals surface area contributed by atoms with Crippen LogP contribution in [0.1, 0.15) is 55.4 Å². The van der Waals surface area contributed by atoms with E-state index in [1.807, 2.05) is 0 Å². The summed E-state index contributed by atoms with van der Waals surface area (Å²) in [7, 11) is 0. The molecule has 0 spiro atoms. The lowest BCUT2D eigenvalue weighted by Gasteiger charge is -2.29. The van der Waals surface area contributed by atoms with E-state index < -0.39 is 0 Å². The van der Waals surface area contributed by atoms with E-state index in [9.17, 15) is 0 Å². The summed E-state index contributed by atoms with van der Waals surface area (Å²) in [6.45, 7) is 21.2. The second-order valence-electron chi connectivity index (χ2n) is 6.18. The van der Waals surface area contributed by atoms with Gasteiger partial charge in [-0.05, 0) is 54.6 Å². The van der Waals surface area contributed by atoms with E-state index in [2.05, 4.69) is 65.2 Å². The molecule has 0 bridgehead atoms. The number of hydrogen-bond donors (Lipinski definition) is 0. The average Bonchev–Trinajstić information content (AvgIpc) is 2.38.